The van der Waals surface area contributed by atoms with Gasteiger partial charge in [0.05, 0.1) is 17.7 Å². The van der Waals surface area contributed by atoms with Gasteiger partial charge in [0.1, 0.15) is 5.69 Å². The van der Waals surface area contributed by atoms with Crippen LogP contribution in [0.1, 0.15) is 41.0 Å². The number of hydrogen-bond acceptors (Lipinski definition) is 5. The van der Waals surface area contributed by atoms with Crippen LogP contribution in [0.5, 0.6) is 0 Å². The molecular formula is C23H25F3N6. The second kappa shape index (κ2) is 8.66. The Balaban J connectivity index is 1.59. The van der Waals surface area contributed by atoms with Crippen molar-refractivity contribution in [1.82, 2.24) is 20.0 Å². The van der Waals surface area contributed by atoms with Crippen LogP contribution >= 0.6 is 0 Å². The fourth-order valence-corrected chi connectivity index (χ4v) is 4.25. The average Bonchev–Trinajstić information content (AvgIpc) is 3.22. The van der Waals surface area contributed by atoms with Gasteiger partial charge in [-0.3, -0.25) is 10.8 Å². The van der Waals surface area contributed by atoms with E-state index in [1.54, 1.807) is 11.8 Å². The van der Waals surface area contributed by atoms with Crippen LogP contribution in [-0.2, 0) is 13.0 Å². The summed E-state index contributed by atoms with van der Waals surface area (Å²) in [5.41, 5.74) is 10.9. The van der Waals surface area contributed by atoms with Crippen molar-refractivity contribution in [2.45, 2.75) is 44.8 Å². The predicted molar refractivity (Wildman–Crippen MR) is 117 cm³/mol. The van der Waals surface area contributed by atoms with E-state index in [9.17, 15) is 13.2 Å². The van der Waals surface area contributed by atoms with Crippen LogP contribution < -0.4 is 17.0 Å². The van der Waals surface area contributed by atoms with Gasteiger partial charge in [-0.15, -0.1) is 0 Å². The van der Waals surface area contributed by atoms with Crippen LogP contribution in [0.2, 0.25) is 0 Å². The number of hydrazine groups is 1. The zero-order valence-corrected chi connectivity index (χ0v) is 17.7. The third-order valence-electron chi connectivity index (χ3n) is 5.83. The normalized spacial score (nSPS) is 17.0. The highest BCUT2D eigenvalue weighted by molar-refractivity contribution is 5.69. The zero-order valence-electron chi connectivity index (χ0n) is 17.7. The van der Waals surface area contributed by atoms with E-state index < -0.39 is 17.6 Å². The third kappa shape index (κ3) is 4.47. The highest BCUT2D eigenvalue weighted by atomic mass is 19.4. The number of pyridine rings is 1. The second-order valence-electron chi connectivity index (χ2n) is 8.11. The van der Waals surface area contributed by atoms with E-state index in [0.29, 0.717) is 17.3 Å². The molecule has 4 rings (SSSR count). The Bertz CT molecular complexity index is 1150. The smallest absolute Gasteiger partial charge is 0.397 e. The average molecular weight is 442 g/mol. The summed E-state index contributed by atoms with van der Waals surface area (Å²) in [7, 11) is 0. The summed E-state index contributed by atoms with van der Waals surface area (Å²) >= 11 is 0. The first-order valence-corrected chi connectivity index (χ1v) is 10.4. The number of nitrogens with one attached hydrogen (secondary N) is 1. The highest BCUT2D eigenvalue weighted by Gasteiger charge is 2.36. The molecule has 0 fully saturated rings. The van der Waals surface area contributed by atoms with E-state index in [0.717, 1.165) is 25.8 Å². The summed E-state index contributed by atoms with van der Waals surface area (Å²) in [5, 5.41) is 0. The van der Waals surface area contributed by atoms with Gasteiger partial charge in [0.25, 0.3) is 0 Å². The molecule has 1 aliphatic rings. The van der Waals surface area contributed by atoms with Crippen LogP contribution in [0.3, 0.4) is 0 Å². The van der Waals surface area contributed by atoms with Crippen molar-refractivity contribution in [3.05, 3.63) is 77.0 Å². The number of benzene rings is 1. The van der Waals surface area contributed by atoms with Crippen LogP contribution in [0, 0.1) is 6.92 Å². The van der Waals surface area contributed by atoms with Crippen LogP contribution in [0.25, 0.3) is 17.1 Å². The van der Waals surface area contributed by atoms with E-state index in [-0.39, 0.29) is 5.56 Å². The summed E-state index contributed by atoms with van der Waals surface area (Å²) in [5.74, 6) is 5.43. The molecule has 32 heavy (non-hydrogen) atoms. The SMILES string of the molecule is Cc1ccc2c(c1)C(Cn1cnc(-c3cc(/C(N)=C(/NN)C(F)(F)F)ccn3)c1)CCC2. The fraction of sp³-hybridized carbons (Fsp3) is 0.304. The summed E-state index contributed by atoms with van der Waals surface area (Å²) < 4.78 is 41.4. The standard InChI is InChI=1S/C23H25F3N6/c1-14-5-6-15-3-2-4-17(18(15)9-14)11-32-12-20(30-13-32)19-10-16(7-8-29-19)21(27)22(31-28)23(24,25)26/h5-10,12-13,17,31H,2-4,11,27-28H2,1H3/b22-21-. The van der Waals surface area contributed by atoms with Crippen molar-refractivity contribution >= 4 is 5.70 Å². The molecule has 0 spiro atoms. The maximum absolute atomic E-state index is 13.1. The van der Waals surface area contributed by atoms with E-state index in [4.69, 9.17) is 11.6 Å². The maximum Gasteiger partial charge on any atom is 0.434 e. The molecule has 0 saturated carbocycles. The zero-order chi connectivity index (χ0) is 22.9. The summed E-state index contributed by atoms with van der Waals surface area (Å²) in [4.78, 5) is 8.68. The molecule has 1 aromatic carbocycles. The van der Waals surface area contributed by atoms with Crippen molar-refractivity contribution in [1.29, 1.82) is 0 Å². The topological polar surface area (TPSA) is 94.8 Å². The molecule has 168 valence electrons. The molecule has 6 nitrogen and oxygen atoms in total. The monoisotopic (exact) mass is 442 g/mol. The molecule has 0 aliphatic heterocycles. The lowest BCUT2D eigenvalue weighted by Gasteiger charge is -2.26. The van der Waals surface area contributed by atoms with Crippen LogP contribution in [0.4, 0.5) is 13.2 Å². The highest BCUT2D eigenvalue weighted by Crippen LogP contribution is 2.34. The molecule has 0 bridgehead atoms. The first kappa shape index (κ1) is 21.9. The fourth-order valence-electron chi connectivity index (χ4n) is 4.25. The summed E-state index contributed by atoms with van der Waals surface area (Å²) in [6.07, 6.45) is 3.65. The Hall–Kier alpha value is -3.33. The van der Waals surface area contributed by atoms with Crippen molar-refractivity contribution in [3.8, 4) is 11.4 Å². The Morgan fingerprint density at radius 3 is 2.75 bits per heavy atom. The summed E-state index contributed by atoms with van der Waals surface area (Å²) in [6, 6.07) is 9.51. The molecule has 2 heterocycles. The molecule has 1 atom stereocenters. The number of halogens is 3. The molecule has 0 radical (unpaired) electrons. The molecule has 2 aromatic heterocycles. The van der Waals surface area contributed by atoms with E-state index in [1.165, 1.54) is 35.0 Å². The first-order chi connectivity index (χ1) is 15.3. The Morgan fingerprint density at radius 1 is 1.19 bits per heavy atom. The van der Waals surface area contributed by atoms with E-state index in [2.05, 4.69) is 35.1 Å². The Morgan fingerprint density at radius 2 is 2.00 bits per heavy atom. The lowest BCUT2D eigenvalue weighted by atomic mass is 9.82. The maximum atomic E-state index is 13.1. The number of imidazole rings is 1. The Labute approximate surface area is 184 Å². The third-order valence-corrected chi connectivity index (χ3v) is 5.83. The number of alkyl halides is 3. The number of aromatic nitrogens is 3. The first-order valence-electron chi connectivity index (χ1n) is 10.4. The van der Waals surface area contributed by atoms with Crippen molar-refractivity contribution in [3.63, 3.8) is 0 Å². The number of nitrogens with zero attached hydrogens (tertiary/aromatic N) is 3. The molecule has 0 amide bonds. The van der Waals surface area contributed by atoms with Gasteiger partial charge in [-0.2, -0.15) is 13.2 Å². The molecular weight excluding hydrogens is 417 g/mol. The van der Waals surface area contributed by atoms with Gasteiger partial charge >= 0.3 is 6.18 Å². The van der Waals surface area contributed by atoms with Crippen molar-refractivity contribution < 1.29 is 13.2 Å². The number of hydrogen-bond donors (Lipinski definition) is 3. The number of allylic oxidation sites excluding steroid dienone is 1. The molecule has 9 heteroatoms. The number of rotatable bonds is 5. The minimum Gasteiger partial charge on any atom is -0.397 e. The second-order valence-corrected chi connectivity index (χ2v) is 8.11. The van der Waals surface area contributed by atoms with Crippen LogP contribution in [0.15, 0.2) is 54.7 Å². The van der Waals surface area contributed by atoms with Gasteiger partial charge in [0, 0.05) is 30.4 Å². The lowest BCUT2D eigenvalue weighted by Crippen LogP contribution is -2.34. The van der Waals surface area contributed by atoms with Gasteiger partial charge in [0.15, 0.2) is 5.70 Å². The van der Waals surface area contributed by atoms with Crippen molar-refractivity contribution in [2.24, 2.45) is 11.6 Å². The predicted octanol–water partition coefficient (Wildman–Crippen LogP) is 4.03. The molecule has 3 aromatic rings. The summed E-state index contributed by atoms with van der Waals surface area (Å²) in [6.45, 7) is 2.88. The number of aryl methyl sites for hydroxylation is 2. The lowest BCUT2D eigenvalue weighted by molar-refractivity contribution is -0.0961. The molecule has 1 unspecified atom stereocenters. The van der Waals surface area contributed by atoms with Gasteiger partial charge in [-0.1, -0.05) is 23.8 Å². The largest absolute Gasteiger partial charge is 0.434 e. The van der Waals surface area contributed by atoms with Gasteiger partial charge in [-0.05, 0) is 49.4 Å². The van der Waals surface area contributed by atoms with Crippen LogP contribution in [-0.4, -0.2) is 20.7 Å². The molecule has 5 N–H and O–H groups in total. The minimum atomic E-state index is -4.70. The van der Waals surface area contributed by atoms with Gasteiger partial charge < -0.3 is 15.7 Å². The number of fused-ring (bicyclic) bond motifs is 1. The minimum absolute atomic E-state index is 0.159. The van der Waals surface area contributed by atoms with Gasteiger partial charge in [-0.25, -0.2) is 4.98 Å². The number of nitrogens with two attached hydrogens (primary N) is 2. The molecule has 0 saturated heterocycles. The van der Waals surface area contributed by atoms with E-state index in [1.807, 2.05) is 10.8 Å². The van der Waals surface area contributed by atoms with E-state index >= 15 is 0 Å². The Kier molecular flexibility index (Phi) is 5.92. The molecule has 1 aliphatic carbocycles. The quantitative estimate of drug-likeness (QED) is 0.410. The van der Waals surface area contributed by atoms with Crippen molar-refractivity contribution in [2.75, 3.05) is 0 Å². The van der Waals surface area contributed by atoms with Gasteiger partial charge in [0.2, 0.25) is 0 Å².